The molecule has 0 radical (unpaired) electrons. The van der Waals surface area contributed by atoms with Crippen molar-refractivity contribution < 1.29 is 19.7 Å². The predicted octanol–water partition coefficient (Wildman–Crippen LogP) is -0.651. The number of rotatable bonds is 1. The minimum absolute atomic E-state index is 0.176. The summed E-state index contributed by atoms with van der Waals surface area (Å²) in [6.07, 6.45) is 0.112. The van der Waals surface area contributed by atoms with Crippen molar-refractivity contribution in [2.75, 3.05) is 20.8 Å². The zero-order valence-electron chi connectivity index (χ0n) is 6.28. The van der Waals surface area contributed by atoms with Crippen molar-refractivity contribution in [3.63, 3.8) is 0 Å². The molecule has 2 N–H and O–H groups in total. The number of hydrogen-bond acceptors (Lipinski definition) is 4. The summed E-state index contributed by atoms with van der Waals surface area (Å²) in [6, 6.07) is 0. The molecule has 1 aliphatic rings. The van der Waals surface area contributed by atoms with Crippen LogP contribution in [0.2, 0.25) is 0 Å². The van der Waals surface area contributed by atoms with Crippen LogP contribution < -0.4 is 0 Å². The van der Waals surface area contributed by atoms with Gasteiger partial charge < -0.3 is 19.7 Å². The molecule has 4 nitrogen and oxygen atoms in total. The Hall–Kier alpha value is -0.160. The molecule has 0 bridgehead atoms. The summed E-state index contributed by atoms with van der Waals surface area (Å²) in [5, 5.41) is 15.8. The van der Waals surface area contributed by atoms with E-state index in [2.05, 4.69) is 0 Å². The van der Waals surface area contributed by atoms with E-state index in [1.807, 2.05) is 0 Å². The van der Waals surface area contributed by atoms with Gasteiger partial charge in [-0.15, -0.1) is 0 Å². The monoisotopic (exact) mass is 150 g/mol. The van der Waals surface area contributed by atoms with Gasteiger partial charge >= 0.3 is 0 Å². The van der Waals surface area contributed by atoms with Crippen molar-refractivity contribution in [3.8, 4) is 0 Å². The fourth-order valence-corrected chi connectivity index (χ4v) is 0.741. The lowest BCUT2D eigenvalue weighted by Gasteiger charge is -2.03. The highest BCUT2D eigenvalue weighted by Gasteiger charge is 2.22. The van der Waals surface area contributed by atoms with Gasteiger partial charge in [0.25, 0.3) is 0 Å². The Morgan fingerprint density at radius 2 is 2.10 bits per heavy atom. The van der Waals surface area contributed by atoms with Gasteiger partial charge in [-0.2, -0.15) is 0 Å². The number of methoxy groups -OCH3 is 1. The van der Waals surface area contributed by atoms with Crippen LogP contribution in [0, 0.1) is 0 Å². The third-order valence-corrected chi connectivity index (χ3v) is 1.20. The number of aliphatic hydroxyl groups is 2. The summed E-state index contributed by atoms with van der Waals surface area (Å²) in [4.78, 5) is 0. The number of aliphatic hydroxyl groups excluding tert-OH is 2. The quantitative estimate of drug-likeness (QED) is 0.521. The van der Waals surface area contributed by atoms with E-state index < -0.39 is 0 Å². The Morgan fingerprint density at radius 3 is 2.30 bits per heavy atom. The molecular weight excluding hydrogens is 136 g/mol. The van der Waals surface area contributed by atoms with E-state index >= 15 is 0 Å². The van der Waals surface area contributed by atoms with Gasteiger partial charge in [0.15, 0.2) is 6.29 Å². The lowest BCUT2D eigenvalue weighted by molar-refractivity contribution is -0.0882. The Bertz CT molecular complexity index is 76.1. The van der Waals surface area contributed by atoms with Crippen LogP contribution in [-0.2, 0) is 9.47 Å². The fourth-order valence-electron chi connectivity index (χ4n) is 0.741. The second kappa shape index (κ2) is 5.61. The zero-order chi connectivity index (χ0) is 7.98. The van der Waals surface area contributed by atoms with E-state index in [-0.39, 0.29) is 12.4 Å². The maximum Gasteiger partial charge on any atom is 0.159 e. The minimum atomic E-state index is -0.319. The highest BCUT2D eigenvalue weighted by molar-refractivity contribution is 4.64. The molecule has 0 aromatic rings. The van der Waals surface area contributed by atoms with E-state index in [9.17, 15) is 0 Å². The normalized spacial score (nSPS) is 31.2. The van der Waals surface area contributed by atoms with Crippen molar-refractivity contribution >= 4 is 0 Å². The standard InChI is InChI=1S/C5H10O3.CH4O/c1-7-5-2-4(6)3-8-5;1-2/h4-6H,2-3H2,1H3;2H,1H3. The summed E-state index contributed by atoms with van der Waals surface area (Å²) in [5.41, 5.74) is 0. The summed E-state index contributed by atoms with van der Waals surface area (Å²) in [5.74, 6) is 0. The number of ether oxygens (including phenoxy) is 2. The molecule has 2 unspecified atom stereocenters. The molecule has 0 amide bonds. The molecule has 4 heteroatoms. The molecule has 1 saturated heterocycles. The van der Waals surface area contributed by atoms with Crippen molar-refractivity contribution in [1.29, 1.82) is 0 Å². The first-order chi connectivity index (χ1) is 4.83. The average molecular weight is 150 g/mol. The third-order valence-electron chi connectivity index (χ3n) is 1.20. The van der Waals surface area contributed by atoms with Gasteiger partial charge in [-0.05, 0) is 0 Å². The van der Waals surface area contributed by atoms with Crippen LogP contribution >= 0.6 is 0 Å². The minimum Gasteiger partial charge on any atom is -0.400 e. The molecule has 1 heterocycles. The van der Waals surface area contributed by atoms with Gasteiger partial charge in [0.2, 0.25) is 0 Å². The van der Waals surface area contributed by atoms with Crippen molar-refractivity contribution in [2.45, 2.75) is 18.8 Å². The highest BCUT2D eigenvalue weighted by Crippen LogP contribution is 2.12. The third kappa shape index (κ3) is 3.12. The Labute approximate surface area is 60.4 Å². The molecule has 0 spiro atoms. The van der Waals surface area contributed by atoms with Crippen molar-refractivity contribution in [2.24, 2.45) is 0 Å². The first-order valence-corrected chi connectivity index (χ1v) is 3.10. The van der Waals surface area contributed by atoms with Crippen LogP contribution in [0.15, 0.2) is 0 Å². The first kappa shape index (κ1) is 9.84. The molecule has 0 saturated carbocycles. The van der Waals surface area contributed by atoms with Crippen molar-refractivity contribution in [3.05, 3.63) is 0 Å². The Morgan fingerprint density at radius 1 is 1.50 bits per heavy atom. The van der Waals surface area contributed by atoms with Crippen LogP contribution in [-0.4, -0.2) is 43.4 Å². The highest BCUT2D eigenvalue weighted by atomic mass is 16.7. The van der Waals surface area contributed by atoms with E-state index in [1.54, 1.807) is 7.11 Å². The molecule has 0 aliphatic carbocycles. The van der Waals surface area contributed by atoms with Crippen LogP contribution in [0.25, 0.3) is 0 Å². The molecule has 62 valence electrons. The smallest absolute Gasteiger partial charge is 0.159 e. The SMILES string of the molecule is CO.COC1CC(O)CO1. The van der Waals surface area contributed by atoms with Crippen LogP contribution in [0.4, 0.5) is 0 Å². The Kier molecular flexibility index (Phi) is 5.52. The molecule has 1 rings (SSSR count). The molecule has 1 aliphatic heterocycles. The molecule has 0 aromatic carbocycles. The van der Waals surface area contributed by atoms with Gasteiger partial charge in [-0.3, -0.25) is 0 Å². The Balaban J connectivity index is 0.000000371. The van der Waals surface area contributed by atoms with Crippen LogP contribution in [0.3, 0.4) is 0 Å². The second-order valence-corrected chi connectivity index (χ2v) is 1.89. The molecular formula is C6H14O4. The van der Waals surface area contributed by atoms with E-state index in [0.29, 0.717) is 13.0 Å². The number of hydrogen-bond donors (Lipinski definition) is 2. The summed E-state index contributed by atoms with van der Waals surface area (Å²) < 4.78 is 9.74. The molecule has 2 atom stereocenters. The lowest BCUT2D eigenvalue weighted by atomic mass is 10.3. The largest absolute Gasteiger partial charge is 0.400 e. The maximum atomic E-state index is 8.83. The average Bonchev–Trinajstić information content (AvgIpc) is 2.40. The topological polar surface area (TPSA) is 58.9 Å². The summed E-state index contributed by atoms with van der Waals surface area (Å²) in [6.45, 7) is 0.415. The first-order valence-electron chi connectivity index (χ1n) is 3.10. The summed E-state index contributed by atoms with van der Waals surface area (Å²) in [7, 11) is 2.57. The summed E-state index contributed by atoms with van der Waals surface area (Å²) >= 11 is 0. The lowest BCUT2D eigenvalue weighted by Crippen LogP contribution is -2.07. The van der Waals surface area contributed by atoms with E-state index in [0.717, 1.165) is 7.11 Å². The van der Waals surface area contributed by atoms with Gasteiger partial charge in [0, 0.05) is 20.6 Å². The van der Waals surface area contributed by atoms with Crippen LogP contribution in [0.5, 0.6) is 0 Å². The molecule has 0 aromatic heterocycles. The van der Waals surface area contributed by atoms with Gasteiger partial charge in [0.1, 0.15) is 0 Å². The molecule has 10 heavy (non-hydrogen) atoms. The van der Waals surface area contributed by atoms with Gasteiger partial charge in [-0.25, -0.2) is 0 Å². The van der Waals surface area contributed by atoms with Crippen molar-refractivity contribution in [1.82, 2.24) is 0 Å². The van der Waals surface area contributed by atoms with E-state index in [4.69, 9.17) is 19.7 Å². The maximum absolute atomic E-state index is 8.83. The van der Waals surface area contributed by atoms with E-state index in [1.165, 1.54) is 0 Å². The predicted molar refractivity (Wildman–Crippen MR) is 35.5 cm³/mol. The molecule has 1 fully saturated rings. The second-order valence-electron chi connectivity index (χ2n) is 1.89. The zero-order valence-corrected chi connectivity index (χ0v) is 6.28. The van der Waals surface area contributed by atoms with Gasteiger partial charge in [0.05, 0.1) is 12.7 Å². The van der Waals surface area contributed by atoms with Gasteiger partial charge in [-0.1, -0.05) is 0 Å². The van der Waals surface area contributed by atoms with Crippen LogP contribution in [0.1, 0.15) is 6.42 Å². The fraction of sp³-hybridized carbons (Fsp3) is 1.00.